The summed E-state index contributed by atoms with van der Waals surface area (Å²) in [5, 5.41) is 19.2. The summed E-state index contributed by atoms with van der Waals surface area (Å²) < 4.78 is 7.56. The lowest BCUT2D eigenvalue weighted by molar-refractivity contribution is -0.384. The Morgan fingerprint density at radius 3 is 2.40 bits per heavy atom. The number of aromatic nitrogens is 2. The molecule has 0 aliphatic carbocycles. The van der Waals surface area contributed by atoms with Crippen molar-refractivity contribution in [3.05, 3.63) is 94.9 Å². The number of hydrogen-bond donors (Lipinski definition) is 1. The Bertz CT molecular complexity index is 1230. The Morgan fingerprint density at radius 1 is 0.943 bits per heavy atom. The third kappa shape index (κ3) is 5.42. The van der Waals surface area contributed by atoms with Crippen LogP contribution >= 0.6 is 0 Å². The molecular weight excluding hydrogens is 444 g/mol. The highest BCUT2D eigenvalue weighted by Gasteiger charge is 2.18. The molecule has 1 aliphatic rings. The van der Waals surface area contributed by atoms with Crippen LogP contribution in [0, 0.1) is 10.1 Å². The molecule has 3 heterocycles. The van der Waals surface area contributed by atoms with E-state index in [4.69, 9.17) is 9.52 Å². The lowest BCUT2D eigenvalue weighted by Crippen LogP contribution is -2.48. The van der Waals surface area contributed by atoms with E-state index in [9.17, 15) is 10.1 Å². The molecule has 0 bridgehead atoms. The molecule has 4 aromatic rings. The minimum absolute atomic E-state index is 0.128. The molecule has 180 valence electrons. The van der Waals surface area contributed by atoms with Crippen molar-refractivity contribution < 1.29 is 9.34 Å². The van der Waals surface area contributed by atoms with Crippen molar-refractivity contribution in [3.8, 4) is 17.1 Å². The van der Waals surface area contributed by atoms with Gasteiger partial charge in [-0.15, -0.1) is 0 Å². The number of benzene rings is 2. The second kappa shape index (κ2) is 10.5. The lowest BCUT2D eigenvalue weighted by atomic mass is 10.2. The summed E-state index contributed by atoms with van der Waals surface area (Å²) >= 11 is 0. The number of nitro benzene ring substituents is 1. The number of rotatable bonds is 9. The van der Waals surface area contributed by atoms with Gasteiger partial charge in [-0.3, -0.25) is 15.0 Å². The van der Waals surface area contributed by atoms with Gasteiger partial charge in [0.1, 0.15) is 5.69 Å². The lowest BCUT2D eigenvalue weighted by Gasteiger charge is -2.36. The normalized spacial score (nSPS) is 14.3. The van der Waals surface area contributed by atoms with Crippen LogP contribution in [0.4, 0.5) is 11.4 Å². The van der Waals surface area contributed by atoms with Crippen LogP contribution < -0.4 is 10.2 Å². The molecule has 1 aliphatic heterocycles. The maximum atomic E-state index is 10.9. The maximum absolute atomic E-state index is 10.9. The molecule has 0 saturated carbocycles. The number of nitrogens with zero attached hydrogens (tertiary/aromatic N) is 5. The Hall–Kier alpha value is -3.95. The topological polar surface area (TPSA) is 92.6 Å². The zero-order valence-electron chi connectivity index (χ0n) is 19.4. The molecule has 0 atom stereocenters. The fourth-order valence-corrected chi connectivity index (χ4v) is 4.35. The van der Waals surface area contributed by atoms with E-state index in [0.29, 0.717) is 6.54 Å². The van der Waals surface area contributed by atoms with Crippen molar-refractivity contribution in [3.63, 3.8) is 0 Å². The number of non-ortho nitro benzene ring substituents is 1. The van der Waals surface area contributed by atoms with E-state index in [1.165, 1.54) is 0 Å². The van der Waals surface area contributed by atoms with Crippen LogP contribution in [0.3, 0.4) is 0 Å². The average Bonchev–Trinajstić information content (AvgIpc) is 3.58. The Morgan fingerprint density at radius 2 is 1.71 bits per heavy atom. The fourth-order valence-electron chi connectivity index (χ4n) is 4.35. The molecule has 9 nitrogen and oxygen atoms in total. The smallest absolute Gasteiger partial charge is 0.269 e. The van der Waals surface area contributed by atoms with E-state index in [-0.39, 0.29) is 10.6 Å². The number of furan rings is 1. The van der Waals surface area contributed by atoms with Crippen molar-refractivity contribution >= 4 is 11.4 Å². The molecule has 0 radical (unpaired) electrons. The number of anilines is 1. The van der Waals surface area contributed by atoms with E-state index in [0.717, 1.165) is 67.8 Å². The first-order valence-corrected chi connectivity index (χ1v) is 11.8. The van der Waals surface area contributed by atoms with Gasteiger partial charge in [-0.05, 0) is 42.5 Å². The molecule has 9 heteroatoms. The third-order valence-corrected chi connectivity index (χ3v) is 6.24. The van der Waals surface area contributed by atoms with Gasteiger partial charge in [0.25, 0.3) is 5.69 Å². The molecule has 2 aromatic carbocycles. The van der Waals surface area contributed by atoms with Gasteiger partial charge in [-0.1, -0.05) is 18.2 Å². The third-order valence-electron chi connectivity index (χ3n) is 6.24. The van der Waals surface area contributed by atoms with Crippen molar-refractivity contribution in [2.75, 3.05) is 44.2 Å². The van der Waals surface area contributed by atoms with Crippen LogP contribution in [0.25, 0.3) is 17.1 Å². The predicted octanol–water partition coefficient (Wildman–Crippen LogP) is 3.95. The van der Waals surface area contributed by atoms with E-state index in [1.807, 2.05) is 59.3 Å². The Labute approximate surface area is 203 Å². The minimum Gasteiger partial charge on any atom is -0.463 e. The standard InChI is InChI=1S/C26H28N6O3/c33-32(34)24-10-8-22(9-11-24)30-16-14-29(15-17-30)13-12-27-20-21-19-25(26-7-4-18-35-26)31(28-21)23-5-2-1-3-6-23/h1-11,18-19,27H,12-17,20H2. The molecular formula is C26H28N6O3. The van der Waals surface area contributed by atoms with Gasteiger partial charge >= 0.3 is 0 Å². The van der Waals surface area contributed by atoms with Gasteiger partial charge < -0.3 is 14.6 Å². The van der Waals surface area contributed by atoms with Crippen LogP contribution in [-0.4, -0.2) is 58.9 Å². The van der Waals surface area contributed by atoms with Gasteiger partial charge in [0.05, 0.1) is 22.6 Å². The summed E-state index contributed by atoms with van der Waals surface area (Å²) in [4.78, 5) is 15.2. The van der Waals surface area contributed by atoms with Crippen LogP contribution in [0.5, 0.6) is 0 Å². The monoisotopic (exact) mass is 472 g/mol. The van der Waals surface area contributed by atoms with Crippen LogP contribution in [0.15, 0.2) is 83.5 Å². The van der Waals surface area contributed by atoms with Crippen molar-refractivity contribution in [2.24, 2.45) is 0 Å². The summed E-state index contributed by atoms with van der Waals surface area (Å²) in [7, 11) is 0. The fraction of sp³-hybridized carbons (Fsp3) is 0.269. The highest BCUT2D eigenvalue weighted by atomic mass is 16.6. The van der Waals surface area contributed by atoms with Crippen LogP contribution in [0.2, 0.25) is 0 Å². The first-order valence-electron chi connectivity index (χ1n) is 11.8. The average molecular weight is 473 g/mol. The number of nitrogens with one attached hydrogen (secondary N) is 1. The molecule has 0 unspecified atom stereocenters. The van der Waals surface area contributed by atoms with Crippen LogP contribution in [-0.2, 0) is 6.54 Å². The first kappa shape index (κ1) is 22.8. The zero-order valence-corrected chi connectivity index (χ0v) is 19.4. The van der Waals surface area contributed by atoms with E-state index in [2.05, 4.69) is 21.2 Å². The zero-order chi connectivity index (χ0) is 24.0. The first-order chi connectivity index (χ1) is 17.2. The van der Waals surface area contributed by atoms with Gasteiger partial charge in [0.2, 0.25) is 0 Å². The van der Waals surface area contributed by atoms with Crippen molar-refractivity contribution in [1.82, 2.24) is 20.0 Å². The molecule has 1 N–H and O–H groups in total. The number of nitro groups is 1. The molecule has 0 spiro atoms. The highest BCUT2D eigenvalue weighted by molar-refractivity contribution is 5.57. The molecule has 2 aromatic heterocycles. The number of piperazine rings is 1. The number of hydrogen-bond acceptors (Lipinski definition) is 7. The Kier molecular flexibility index (Phi) is 6.87. The molecule has 0 amide bonds. The van der Waals surface area contributed by atoms with Crippen molar-refractivity contribution in [2.45, 2.75) is 6.54 Å². The van der Waals surface area contributed by atoms with Crippen molar-refractivity contribution in [1.29, 1.82) is 0 Å². The molecule has 35 heavy (non-hydrogen) atoms. The summed E-state index contributed by atoms with van der Waals surface area (Å²) in [6.45, 7) is 6.24. The van der Waals surface area contributed by atoms with Gasteiger partial charge in [-0.2, -0.15) is 5.10 Å². The molecule has 1 fully saturated rings. The second-order valence-electron chi connectivity index (χ2n) is 8.52. The van der Waals surface area contributed by atoms with Gasteiger partial charge in [0.15, 0.2) is 5.76 Å². The predicted molar refractivity (Wildman–Crippen MR) is 135 cm³/mol. The highest BCUT2D eigenvalue weighted by Crippen LogP contribution is 2.24. The largest absolute Gasteiger partial charge is 0.463 e. The minimum atomic E-state index is -0.362. The quantitative estimate of drug-likeness (QED) is 0.224. The Balaban J connectivity index is 1.11. The van der Waals surface area contributed by atoms with Gasteiger partial charge in [-0.25, -0.2) is 4.68 Å². The second-order valence-corrected chi connectivity index (χ2v) is 8.52. The molecule has 5 rings (SSSR count). The van der Waals surface area contributed by atoms with E-state index >= 15 is 0 Å². The summed E-state index contributed by atoms with van der Waals surface area (Å²) in [5.74, 6) is 0.790. The summed E-state index contributed by atoms with van der Waals surface area (Å²) in [6, 6.07) is 22.8. The summed E-state index contributed by atoms with van der Waals surface area (Å²) in [6.07, 6.45) is 1.68. The number of para-hydroxylation sites is 1. The maximum Gasteiger partial charge on any atom is 0.269 e. The van der Waals surface area contributed by atoms with E-state index < -0.39 is 0 Å². The summed E-state index contributed by atoms with van der Waals surface area (Å²) in [5.41, 5.74) is 4.05. The van der Waals surface area contributed by atoms with Gasteiger partial charge in [0, 0.05) is 63.6 Å². The van der Waals surface area contributed by atoms with E-state index in [1.54, 1.807) is 18.4 Å². The SMILES string of the molecule is O=[N+]([O-])c1ccc(N2CCN(CCNCc3cc(-c4ccco4)n(-c4ccccc4)n3)CC2)cc1. The molecule has 1 saturated heterocycles. The van der Waals surface area contributed by atoms with Crippen LogP contribution in [0.1, 0.15) is 5.69 Å².